The molecule has 19 heavy (non-hydrogen) atoms. The lowest BCUT2D eigenvalue weighted by Crippen LogP contribution is -2.11. The highest BCUT2D eigenvalue weighted by molar-refractivity contribution is 6.49. The molecule has 0 unspecified atom stereocenters. The van der Waals surface area contributed by atoms with E-state index in [1.807, 2.05) is 44.6 Å². The first-order valence-corrected chi connectivity index (χ1v) is 9.13. The molecule has 1 aromatic heterocycles. The van der Waals surface area contributed by atoms with Crippen LogP contribution in [0.5, 0.6) is 5.75 Å². The standard InChI is InChI=1S/C14H19N3OSi/c1-11-6-5-7-13(18-19(3)4)14(11)15-8-12-9-16-17(2)10-12/h5-10,19H,1-4H3/p+1. The number of benzene rings is 1. The number of hydrogen-bond donors (Lipinski definition) is 0. The van der Waals surface area contributed by atoms with Gasteiger partial charge in [0.1, 0.15) is 11.4 Å². The Balaban J connectivity index is 0.00000200. The van der Waals surface area contributed by atoms with E-state index in [4.69, 9.17) is 4.43 Å². The molecule has 0 amide bonds. The van der Waals surface area contributed by atoms with Crippen LogP contribution in [0, 0.1) is 6.92 Å². The minimum absolute atomic E-state index is 0. The molecule has 0 saturated heterocycles. The Morgan fingerprint density at radius 3 is 2.84 bits per heavy atom. The van der Waals surface area contributed by atoms with E-state index in [-0.39, 0.29) is 1.43 Å². The Kier molecular flexibility index (Phi) is 4.16. The van der Waals surface area contributed by atoms with Crippen molar-refractivity contribution < 1.29 is 5.85 Å². The van der Waals surface area contributed by atoms with E-state index in [9.17, 15) is 0 Å². The maximum Gasteiger partial charge on any atom is 1.00 e. The van der Waals surface area contributed by atoms with Gasteiger partial charge in [-0.2, -0.15) is 5.10 Å². The van der Waals surface area contributed by atoms with Crippen LogP contribution >= 0.6 is 0 Å². The Morgan fingerprint density at radius 1 is 1.42 bits per heavy atom. The van der Waals surface area contributed by atoms with E-state index in [2.05, 4.69) is 23.2 Å². The zero-order valence-corrected chi connectivity index (χ0v) is 12.9. The van der Waals surface area contributed by atoms with Crippen LogP contribution in [0.4, 0.5) is 5.69 Å². The lowest BCUT2D eigenvalue weighted by molar-refractivity contribution is 0.581. The molecule has 0 fully saturated rings. The van der Waals surface area contributed by atoms with Gasteiger partial charge in [-0.15, -0.1) is 0 Å². The second kappa shape index (κ2) is 5.84. The molecule has 5 heteroatoms. The smallest absolute Gasteiger partial charge is 0.546 e. The summed E-state index contributed by atoms with van der Waals surface area (Å²) in [5, 5.41) is 4.12. The van der Waals surface area contributed by atoms with Crippen molar-refractivity contribution in [1.82, 2.24) is 9.78 Å². The van der Waals surface area contributed by atoms with Crippen molar-refractivity contribution in [3.63, 3.8) is 0 Å². The van der Waals surface area contributed by atoms with Crippen molar-refractivity contribution >= 4 is 20.9 Å². The van der Waals surface area contributed by atoms with E-state index in [1.54, 1.807) is 10.9 Å². The molecular formula is C14H20N3OSi+. The SMILES string of the molecule is Cc1cccc(O[SiH](C)C)c1N=Cc1cnn(C)c1.[H+]. The Bertz CT molecular complexity index is 596. The fraction of sp³-hybridized carbons (Fsp3) is 0.286. The van der Waals surface area contributed by atoms with Crippen LogP contribution in [0.2, 0.25) is 13.1 Å². The van der Waals surface area contributed by atoms with E-state index in [0.717, 1.165) is 22.6 Å². The molecule has 1 heterocycles. The van der Waals surface area contributed by atoms with E-state index in [1.165, 1.54) is 0 Å². The molecule has 0 atom stereocenters. The average Bonchev–Trinajstić information content (AvgIpc) is 2.73. The first-order valence-electron chi connectivity index (χ1n) is 6.35. The molecule has 0 aliphatic rings. The van der Waals surface area contributed by atoms with Crippen molar-refractivity contribution in [2.45, 2.75) is 20.0 Å². The largest absolute Gasteiger partial charge is 1.00 e. The fourth-order valence-corrected chi connectivity index (χ4v) is 2.49. The van der Waals surface area contributed by atoms with E-state index >= 15 is 0 Å². The van der Waals surface area contributed by atoms with Gasteiger partial charge >= 0.3 is 1.43 Å². The van der Waals surface area contributed by atoms with Gasteiger partial charge in [0.2, 0.25) is 9.04 Å². The minimum Gasteiger partial charge on any atom is -0.546 e. The number of aromatic nitrogens is 2. The van der Waals surface area contributed by atoms with Gasteiger partial charge in [-0.05, 0) is 31.6 Å². The lowest BCUT2D eigenvalue weighted by Gasteiger charge is -2.13. The third kappa shape index (κ3) is 3.54. The van der Waals surface area contributed by atoms with Gasteiger partial charge in [0.25, 0.3) is 0 Å². The first kappa shape index (κ1) is 13.5. The molecule has 0 aliphatic carbocycles. The fourth-order valence-electron chi connectivity index (χ4n) is 1.79. The Labute approximate surface area is 117 Å². The maximum absolute atomic E-state index is 5.92. The molecule has 0 N–H and O–H groups in total. The van der Waals surface area contributed by atoms with Gasteiger partial charge in [0, 0.05) is 25.0 Å². The first-order chi connectivity index (χ1) is 9.06. The Morgan fingerprint density at radius 2 is 2.21 bits per heavy atom. The summed E-state index contributed by atoms with van der Waals surface area (Å²) in [6, 6.07) is 6.03. The van der Waals surface area contributed by atoms with Crippen LogP contribution < -0.4 is 4.43 Å². The molecule has 0 saturated carbocycles. The highest BCUT2D eigenvalue weighted by Crippen LogP contribution is 2.31. The van der Waals surface area contributed by atoms with Crippen LogP contribution in [-0.2, 0) is 7.05 Å². The molecule has 0 bridgehead atoms. The molecule has 1 aromatic carbocycles. The molecular weight excluding hydrogens is 254 g/mol. The lowest BCUT2D eigenvalue weighted by atomic mass is 10.2. The third-order valence-electron chi connectivity index (χ3n) is 2.63. The number of rotatable bonds is 4. The summed E-state index contributed by atoms with van der Waals surface area (Å²) in [4.78, 5) is 4.56. The highest BCUT2D eigenvalue weighted by atomic mass is 28.3. The molecule has 2 aromatic rings. The van der Waals surface area contributed by atoms with Gasteiger partial charge in [-0.25, -0.2) is 0 Å². The summed E-state index contributed by atoms with van der Waals surface area (Å²) in [5.41, 5.74) is 3.01. The molecule has 4 nitrogen and oxygen atoms in total. The van der Waals surface area contributed by atoms with Gasteiger partial charge in [0.05, 0.1) is 6.20 Å². The predicted octanol–water partition coefficient (Wildman–Crippen LogP) is 2.95. The number of nitrogens with zero attached hydrogens (tertiary/aromatic N) is 3. The second-order valence-electron chi connectivity index (χ2n) is 4.79. The van der Waals surface area contributed by atoms with Crippen LogP contribution in [0.3, 0.4) is 0 Å². The summed E-state index contributed by atoms with van der Waals surface area (Å²) in [6.07, 6.45) is 5.54. The topological polar surface area (TPSA) is 39.4 Å². The number of aryl methyl sites for hydroxylation is 2. The van der Waals surface area contributed by atoms with Gasteiger partial charge in [-0.1, -0.05) is 12.1 Å². The van der Waals surface area contributed by atoms with Crippen molar-refractivity contribution in [3.8, 4) is 5.75 Å². The molecule has 0 spiro atoms. The summed E-state index contributed by atoms with van der Waals surface area (Å²) in [5.74, 6) is 0.877. The predicted molar refractivity (Wildman–Crippen MR) is 82.3 cm³/mol. The van der Waals surface area contributed by atoms with E-state index < -0.39 is 9.04 Å². The zero-order valence-electron chi connectivity index (χ0n) is 12.8. The normalized spacial score (nSPS) is 11.4. The maximum atomic E-state index is 5.92. The quantitative estimate of drug-likeness (QED) is 0.635. The number of para-hydroxylation sites is 1. The molecule has 0 aliphatic heterocycles. The summed E-state index contributed by atoms with van der Waals surface area (Å²) in [7, 11) is 0.762. The van der Waals surface area contributed by atoms with Crippen molar-refractivity contribution in [2.24, 2.45) is 12.0 Å². The second-order valence-corrected chi connectivity index (χ2v) is 7.13. The van der Waals surface area contributed by atoms with Gasteiger partial charge in [-0.3, -0.25) is 9.67 Å². The monoisotopic (exact) mass is 274 g/mol. The summed E-state index contributed by atoms with van der Waals surface area (Å²) in [6.45, 7) is 6.35. The summed E-state index contributed by atoms with van der Waals surface area (Å²) < 4.78 is 7.69. The number of hydrogen-bond acceptors (Lipinski definition) is 3. The van der Waals surface area contributed by atoms with Crippen molar-refractivity contribution in [3.05, 3.63) is 41.7 Å². The minimum atomic E-state index is -1.13. The molecule has 2 rings (SSSR count). The van der Waals surface area contributed by atoms with Crippen LogP contribution in [0.25, 0.3) is 0 Å². The van der Waals surface area contributed by atoms with Crippen molar-refractivity contribution in [2.75, 3.05) is 0 Å². The third-order valence-corrected chi connectivity index (χ3v) is 3.36. The van der Waals surface area contributed by atoms with Crippen LogP contribution in [0.15, 0.2) is 35.6 Å². The molecule has 100 valence electrons. The van der Waals surface area contributed by atoms with E-state index in [0.29, 0.717) is 0 Å². The summed E-state index contributed by atoms with van der Waals surface area (Å²) >= 11 is 0. The average molecular weight is 274 g/mol. The zero-order chi connectivity index (χ0) is 13.8. The highest BCUT2D eigenvalue weighted by Gasteiger charge is 2.07. The Hall–Kier alpha value is -1.88. The van der Waals surface area contributed by atoms with Crippen molar-refractivity contribution in [1.29, 1.82) is 0 Å². The van der Waals surface area contributed by atoms with Gasteiger partial charge in [0.15, 0.2) is 0 Å². The van der Waals surface area contributed by atoms with Crippen LogP contribution in [-0.4, -0.2) is 25.0 Å². The van der Waals surface area contributed by atoms with Gasteiger partial charge < -0.3 is 4.43 Å². The van der Waals surface area contributed by atoms with Crippen LogP contribution in [0.1, 0.15) is 12.6 Å². The number of aliphatic imine (C=N–C) groups is 1. The molecule has 0 radical (unpaired) electrons.